The number of hydrogen-bond donors (Lipinski definition) is 2. The van der Waals surface area contributed by atoms with Gasteiger partial charge in [0.25, 0.3) is 5.91 Å². The van der Waals surface area contributed by atoms with Gasteiger partial charge in [0.05, 0.1) is 6.54 Å². The van der Waals surface area contributed by atoms with Crippen LogP contribution in [0.2, 0.25) is 0 Å². The van der Waals surface area contributed by atoms with E-state index in [0.29, 0.717) is 24.3 Å². The maximum absolute atomic E-state index is 12.8. The van der Waals surface area contributed by atoms with Crippen molar-refractivity contribution in [3.05, 3.63) is 35.6 Å². The summed E-state index contributed by atoms with van der Waals surface area (Å²) in [6.45, 7) is 1.81. The predicted molar refractivity (Wildman–Crippen MR) is 76.3 cm³/mol. The number of halogens is 1. The molecule has 1 amide bonds. The first kappa shape index (κ1) is 15.6. The summed E-state index contributed by atoms with van der Waals surface area (Å²) < 4.78 is 12.8. The molecule has 1 unspecified atom stereocenters. The Hall–Kier alpha value is -1.75. The average Bonchev–Trinajstić information content (AvgIpc) is 2.44. The quantitative estimate of drug-likeness (QED) is 0.835. The Kier molecular flexibility index (Phi) is 4.73. The number of nitrogens with one attached hydrogen (secondary N) is 1. The van der Waals surface area contributed by atoms with Crippen molar-refractivity contribution >= 4 is 11.7 Å². The van der Waals surface area contributed by atoms with Crippen LogP contribution >= 0.6 is 0 Å². The van der Waals surface area contributed by atoms with E-state index < -0.39 is 17.3 Å². The van der Waals surface area contributed by atoms with Crippen LogP contribution in [0.25, 0.3) is 0 Å². The van der Waals surface area contributed by atoms with Crippen LogP contribution in [0, 0.1) is 11.7 Å². The first-order valence-electron chi connectivity index (χ1n) is 7.20. The minimum absolute atomic E-state index is 0.193. The zero-order chi connectivity index (χ0) is 15.5. The molecule has 114 valence electrons. The van der Waals surface area contributed by atoms with Crippen molar-refractivity contribution in [3.63, 3.8) is 0 Å². The minimum atomic E-state index is -1.37. The maximum atomic E-state index is 12.8. The Balaban J connectivity index is 1.91. The SMILES string of the molecule is CC1CCC[C@](O)(C(=O)NCC(=O)c2ccc(F)cc2)C1. The second-order valence-corrected chi connectivity index (χ2v) is 5.85. The van der Waals surface area contributed by atoms with Crippen LogP contribution < -0.4 is 5.32 Å². The van der Waals surface area contributed by atoms with Crippen LogP contribution in [0.15, 0.2) is 24.3 Å². The van der Waals surface area contributed by atoms with Gasteiger partial charge in [-0.2, -0.15) is 0 Å². The van der Waals surface area contributed by atoms with Gasteiger partial charge in [0.15, 0.2) is 5.78 Å². The van der Waals surface area contributed by atoms with E-state index in [1.54, 1.807) is 0 Å². The lowest BCUT2D eigenvalue weighted by Crippen LogP contribution is -2.50. The van der Waals surface area contributed by atoms with Gasteiger partial charge in [-0.1, -0.05) is 13.3 Å². The number of carbonyl (C=O) groups excluding carboxylic acids is 2. The summed E-state index contributed by atoms with van der Waals surface area (Å²) in [5.41, 5.74) is -1.04. The van der Waals surface area contributed by atoms with E-state index in [9.17, 15) is 19.1 Å². The van der Waals surface area contributed by atoms with E-state index in [1.165, 1.54) is 24.3 Å². The highest BCUT2D eigenvalue weighted by atomic mass is 19.1. The molecule has 0 bridgehead atoms. The van der Waals surface area contributed by atoms with Gasteiger partial charge in [-0.25, -0.2) is 4.39 Å². The fraction of sp³-hybridized carbons (Fsp3) is 0.500. The Morgan fingerprint density at radius 2 is 2.05 bits per heavy atom. The molecule has 2 atom stereocenters. The van der Waals surface area contributed by atoms with Gasteiger partial charge in [0, 0.05) is 5.56 Å². The number of ketones is 1. The summed E-state index contributed by atoms with van der Waals surface area (Å²) in [7, 11) is 0. The lowest BCUT2D eigenvalue weighted by atomic mass is 9.78. The second-order valence-electron chi connectivity index (χ2n) is 5.85. The van der Waals surface area contributed by atoms with Gasteiger partial charge in [0.1, 0.15) is 11.4 Å². The van der Waals surface area contributed by atoms with E-state index in [1.807, 2.05) is 6.92 Å². The molecule has 1 fully saturated rings. The molecule has 0 aromatic heterocycles. The van der Waals surface area contributed by atoms with Gasteiger partial charge in [-0.05, 0) is 49.4 Å². The average molecular weight is 293 g/mol. The van der Waals surface area contributed by atoms with E-state index in [0.717, 1.165) is 12.8 Å². The van der Waals surface area contributed by atoms with Crippen molar-refractivity contribution in [2.45, 2.75) is 38.2 Å². The van der Waals surface area contributed by atoms with E-state index in [-0.39, 0.29) is 12.3 Å². The highest BCUT2D eigenvalue weighted by Gasteiger charge is 2.39. The molecule has 2 rings (SSSR count). The third kappa shape index (κ3) is 3.88. The first-order valence-corrected chi connectivity index (χ1v) is 7.20. The topological polar surface area (TPSA) is 66.4 Å². The molecule has 2 N–H and O–H groups in total. The number of carbonyl (C=O) groups is 2. The third-order valence-corrected chi connectivity index (χ3v) is 3.97. The molecular weight excluding hydrogens is 273 g/mol. The largest absolute Gasteiger partial charge is 0.380 e. The van der Waals surface area contributed by atoms with Crippen molar-refractivity contribution < 1.29 is 19.1 Å². The number of Topliss-reactive ketones (excluding diaryl/α,β-unsaturated/α-hetero) is 1. The van der Waals surface area contributed by atoms with Crippen LogP contribution in [0.3, 0.4) is 0 Å². The Morgan fingerprint density at radius 1 is 1.38 bits per heavy atom. The molecule has 21 heavy (non-hydrogen) atoms. The lowest BCUT2D eigenvalue weighted by molar-refractivity contribution is -0.144. The number of amides is 1. The number of benzene rings is 1. The molecule has 1 aromatic rings. The third-order valence-electron chi connectivity index (χ3n) is 3.97. The molecule has 0 spiro atoms. The van der Waals surface area contributed by atoms with Crippen molar-refractivity contribution in [2.24, 2.45) is 5.92 Å². The van der Waals surface area contributed by atoms with Gasteiger partial charge in [0.2, 0.25) is 0 Å². The van der Waals surface area contributed by atoms with Crippen molar-refractivity contribution in [2.75, 3.05) is 6.54 Å². The van der Waals surface area contributed by atoms with Crippen molar-refractivity contribution in [3.8, 4) is 0 Å². The molecule has 0 radical (unpaired) electrons. The second kappa shape index (κ2) is 6.35. The minimum Gasteiger partial charge on any atom is -0.380 e. The number of aliphatic hydroxyl groups is 1. The first-order chi connectivity index (χ1) is 9.90. The van der Waals surface area contributed by atoms with Gasteiger partial charge in [-0.15, -0.1) is 0 Å². The zero-order valence-electron chi connectivity index (χ0n) is 12.1. The molecule has 1 aromatic carbocycles. The van der Waals surface area contributed by atoms with Gasteiger partial charge >= 0.3 is 0 Å². The Labute approximate surface area is 123 Å². The van der Waals surface area contributed by atoms with Crippen LogP contribution in [-0.2, 0) is 4.79 Å². The Morgan fingerprint density at radius 3 is 2.67 bits per heavy atom. The summed E-state index contributed by atoms with van der Waals surface area (Å²) in [6, 6.07) is 5.15. The molecule has 0 aliphatic heterocycles. The molecule has 0 heterocycles. The normalized spacial score (nSPS) is 25.4. The van der Waals surface area contributed by atoms with Crippen LogP contribution in [0.4, 0.5) is 4.39 Å². The molecule has 0 saturated heterocycles. The van der Waals surface area contributed by atoms with Crippen molar-refractivity contribution in [1.82, 2.24) is 5.32 Å². The Bertz CT molecular complexity index is 529. The molecule has 4 nitrogen and oxygen atoms in total. The van der Waals surface area contributed by atoms with E-state index >= 15 is 0 Å². The van der Waals surface area contributed by atoms with E-state index in [4.69, 9.17) is 0 Å². The smallest absolute Gasteiger partial charge is 0.252 e. The molecule has 5 heteroatoms. The molecular formula is C16H20FNO3. The predicted octanol–water partition coefficient (Wildman–Crippen LogP) is 2.07. The number of hydrogen-bond acceptors (Lipinski definition) is 3. The molecule has 1 aliphatic rings. The van der Waals surface area contributed by atoms with Crippen molar-refractivity contribution in [1.29, 1.82) is 0 Å². The standard InChI is InChI=1S/C16H20FNO3/c1-11-3-2-8-16(21,9-11)15(20)18-10-14(19)12-4-6-13(17)7-5-12/h4-7,11,21H,2-3,8-10H2,1H3,(H,18,20)/t11?,16-/m1/s1. The van der Waals surface area contributed by atoms with E-state index in [2.05, 4.69) is 5.32 Å². The molecule has 1 aliphatic carbocycles. The fourth-order valence-electron chi connectivity index (χ4n) is 2.79. The summed E-state index contributed by atoms with van der Waals surface area (Å²) in [6.07, 6.45) is 2.65. The van der Waals surface area contributed by atoms with Crippen LogP contribution in [0.1, 0.15) is 43.0 Å². The maximum Gasteiger partial charge on any atom is 0.252 e. The monoisotopic (exact) mass is 293 g/mol. The zero-order valence-corrected chi connectivity index (χ0v) is 12.1. The summed E-state index contributed by atoms with van der Waals surface area (Å²) in [4.78, 5) is 24.0. The summed E-state index contributed by atoms with van der Waals surface area (Å²) in [5, 5.41) is 12.9. The van der Waals surface area contributed by atoms with Gasteiger partial charge in [-0.3, -0.25) is 9.59 Å². The number of rotatable bonds is 4. The highest BCUT2D eigenvalue weighted by molar-refractivity contribution is 6.00. The molecule has 1 saturated carbocycles. The summed E-state index contributed by atoms with van der Waals surface area (Å²) in [5.74, 6) is -0.927. The fourth-order valence-corrected chi connectivity index (χ4v) is 2.79. The lowest BCUT2D eigenvalue weighted by Gasteiger charge is -2.34. The summed E-state index contributed by atoms with van der Waals surface area (Å²) >= 11 is 0. The van der Waals surface area contributed by atoms with Gasteiger partial charge < -0.3 is 10.4 Å². The highest BCUT2D eigenvalue weighted by Crippen LogP contribution is 2.32. The van der Waals surface area contributed by atoms with Crippen LogP contribution in [0.5, 0.6) is 0 Å². The van der Waals surface area contributed by atoms with Crippen LogP contribution in [-0.4, -0.2) is 28.9 Å².